The standard InChI is InChI=1S/C17H18N2O5/c1-4-23-17(20)14-6-5-13(7-15(14)24-11-21-2)19-9-12(8-18)16(10-19)22-3/h5-7,9-10H,4,11H2,1-3H3. The van der Waals surface area contributed by atoms with Crippen molar-refractivity contribution in [2.45, 2.75) is 6.92 Å². The van der Waals surface area contributed by atoms with Gasteiger partial charge in [-0.3, -0.25) is 0 Å². The molecule has 0 N–H and O–H groups in total. The van der Waals surface area contributed by atoms with E-state index in [2.05, 4.69) is 6.07 Å². The average Bonchev–Trinajstić information content (AvgIpc) is 3.03. The van der Waals surface area contributed by atoms with Crippen molar-refractivity contribution < 1.29 is 23.7 Å². The highest BCUT2D eigenvalue weighted by atomic mass is 16.7. The van der Waals surface area contributed by atoms with E-state index in [1.54, 1.807) is 42.1 Å². The normalized spacial score (nSPS) is 10.1. The van der Waals surface area contributed by atoms with Gasteiger partial charge in [0.2, 0.25) is 0 Å². The molecule has 2 rings (SSSR count). The molecule has 7 nitrogen and oxygen atoms in total. The molecule has 24 heavy (non-hydrogen) atoms. The first kappa shape index (κ1) is 17.4. The Morgan fingerprint density at radius 2 is 2.04 bits per heavy atom. The van der Waals surface area contributed by atoms with E-state index in [-0.39, 0.29) is 13.4 Å². The predicted molar refractivity (Wildman–Crippen MR) is 85.5 cm³/mol. The number of rotatable bonds is 7. The molecule has 0 atom stereocenters. The van der Waals surface area contributed by atoms with Gasteiger partial charge in [-0.05, 0) is 19.1 Å². The van der Waals surface area contributed by atoms with E-state index in [1.807, 2.05) is 0 Å². The van der Waals surface area contributed by atoms with Crippen molar-refractivity contribution in [2.75, 3.05) is 27.6 Å². The van der Waals surface area contributed by atoms with Gasteiger partial charge in [-0.15, -0.1) is 0 Å². The fourth-order valence-electron chi connectivity index (χ4n) is 2.12. The van der Waals surface area contributed by atoms with E-state index in [4.69, 9.17) is 24.2 Å². The summed E-state index contributed by atoms with van der Waals surface area (Å²) in [6.45, 7) is 2.00. The average molecular weight is 330 g/mol. The molecular weight excluding hydrogens is 312 g/mol. The lowest BCUT2D eigenvalue weighted by Crippen LogP contribution is -2.10. The van der Waals surface area contributed by atoms with Crippen LogP contribution in [0, 0.1) is 11.3 Å². The minimum atomic E-state index is -0.474. The SMILES string of the molecule is CCOC(=O)c1ccc(-n2cc(C#N)c(OC)c2)cc1OCOC. The summed E-state index contributed by atoms with van der Waals surface area (Å²) >= 11 is 0. The maximum Gasteiger partial charge on any atom is 0.341 e. The Morgan fingerprint density at radius 3 is 2.62 bits per heavy atom. The van der Waals surface area contributed by atoms with Crippen LogP contribution < -0.4 is 9.47 Å². The molecule has 0 fully saturated rings. The third-order valence-electron chi connectivity index (χ3n) is 3.22. The van der Waals surface area contributed by atoms with Crippen molar-refractivity contribution in [3.8, 4) is 23.3 Å². The number of benzene rings is 1. The van der Waals surface area contributed by atoms with Gasteiger partial charge >= 0.3 is 5.97 Å². The molecule has 0 amide bonds. The second kappa shape index (κ2) is 8.04. The Bertz CT molecular complexity index is 761. The summed E-state index contributed by atoms with van der Waals surface area (Å²) in [7, 11) is 2.99. The molecule has 126 valence electrons. The second-order valence-corrected chi connectivity index (χ2v) is 4.71. The smallest absolute Gasteiger partial charge is 0.341 e. The zero-order valence-corrected chi connectivity index (χ0v) is 13.7. The van der Waals surface area contributed by atoms with E-state index in [0.29, 0.717) is 28.3 Å². The lowest BCUT2D eigenvalue weighted by molar-refractivity contribution is 0.0438. The Kier molecular flexibility index (Phi) is 5.82. The molecule has 0 radical (unpaired) electrons. The lowest BCUT2D eigenvalue weighted by atomic mass is 10.2. The van der Waals surface area contributed by atoms with Gasteiger partial charge in [0.15, 0.2) is 12.5 Å². The minimum Gasteiger partial charge on any atom is -0.494 e. The van der Waals surface area contributed by atoms with Gasteiger partial charge in [0.05, 0.1) is 19.9 Å². The fourth-order valence-corrected chi connectivity index (χ4v) is 2.12. The second-order valence-electron chi connectivity index (χ2n) is 4.71. The summed E-state index contributed by atoms with van der Waals surface area (Å²) in [5, 5.41) is 9.11. The third kappa shape index (κ3) is 3.67. The zero-order chi connectivity index (χ0) is 17.5. The van der Waals surface area contributed by atoms with Crippen LogP contribution in [0.5, 0.6) is 11.5 Å². The van der Waals surface area contributed by atoms with Gasteiger partial charge < -0.3 is 23.5 Å². The van der Waals surface area contributed by atoms with Gasteiger partial charge in [-0.2, -0.15) is 5.26 Å². The molecule has 0 bridgehead atoms. The molecule has 1 aromatic heterocycles. The van der Waals surface area contributed by atoms with Crippen molar-refractivity contribution in [2.24, 2.45) is 0 Å². The molecule has 0 spiro atoms. The quantitative estimate of drug-likeness (QED) is 0.573. The molecule has 0 saturated carbocycles. The maximum absolute atomic E-state index is 12.0. The zero-order valence-electron chi connectivity index (χ0n) is 13.7. The third-order valence-corrected chi connectivity index (χ3v) is 3.22. The van der Waals surface area contributed by atoms with Crippen LogP contribution in [0.1, 0.15) is 22.8 Å². The summed E-state index contributed by atoms with van der Waals surface area (Å²) in [6, 6.07) is 7.07. The summed E-state index contributed by atoms with van der Waals surface area (Å²) in [4.78, 5) is 12.0. The molecular formula is C17H18N2O5. The molecule has 0 saturated heterocycles. The van der Waals surface area contributed by atoms with E-state index in [9.17, 15) is 4.79 Å². The van der Waals surface area contributed by atoms with Crippen LogP contribution in [0.2, 0.25) is 0 Å². The van der Waals surface area contributed by atoms with Gasteiger partial charge in [0.25, 0.3) is 0 Å². The highest BCUT2D eigenvalue weighted by molar-refractivity contribution is 5.92. The van der Waals surface area contributed by atoms with E-state index in [1.165, 1.54) is 14.2 Å². The first-order valence-corrected chi connectivity index (χ1v) is 7.24. The van der Waals surface area contributed by atoms with Crippen LogP contribution in [-0.4, -0.2) is 38.2 Å². The number of nitrogens with zero attached hydrogens (tertiary/aromatic N) is 2. The summed E-state index contributed by atoms with van der Waals surface area (Å²) < 4.78 is 22.3. The largest absolute Gasteiger partial charge is 0.494 e. The summed E-state index contributed by atoms with van der Waals surface area (Å²) in [5.74, 6) is 0.322. The number of ether oxygens (including phenoxy) is 4. The van der Waals surface area contributed by atoms with Crippen molar-refractivity contribution >= 4 is 5.97 Å². The molecule has 1 heterocycles. The minimum absolute atomic E-state index is 0.00565. The van der Waals surface area contributed by atoms with Crippen molar-refractivity contribution in [3.63, 3.8) is 0 Å². The number of methoxy groups -OCH3 is 2. The van der Waals surface area contributed by atoms with Gasteiger partial charge in [-0.1, -0.05) is 0 Å². The monoisotopic (exact) mass is 330 g/mol. The summed E-state index contributed by atoms with van der Waals surface area (Å²) in [6.07, 6.45) is 3.32. The van der Waals surface area contributed by atoms with Crippen molar-refractivity contribution in [1.29, 1.82) is 5.26 Å². The molecule has 2 aromatic rings. The topological polar surface area (TPSA) is 82.7 Å². The van der Waals surface area contributed by atoms with E-state index >= 15 is 0 Å². The van der Waals surface area contributed by atoms with Gasteiger partial charge in [0, 0.05) is 25.1 Å². The number of hydrogen-bond acceptors (Lipinski definition) is 6. The summed E-state index contributed by atoms with van der Waals surface area (Å²) in [5.41, 5.74) is 1.41. The van der Waals surface area contributed by atoms with Crippen LogP contribution >= 0.6 is 0 Å². The van der Waals surface area contributed by atoms with E-state index < -0.39 is 5.97 Å². The van der Waals surface area contributed by atoms with Crippen LogP contribution in [0.15, 0.2) is 30.6 Å². The first-order chi connectivity index (χ1) is 11.6. The highest BCUT2D eigenvalue weighted by Gasteiger charge is 2.16. The Balaban J connectivity index is 2.43. The molecule has 0 unspecified atom stereocenters. The van der Waals surface area contributed by atoms with Crippen LogP contribution in [0.25, 0.3) is 5.69 Å². The first-order valence-electron chi connectivity index (χ1n) is 7.24. The predicted octanol–water partition coefficient (Wildman–Crippen LogP) is 2.52. The fraction of sp³-hybridized carbons (Fsp3) is 0.294. The van der Waals surface area contributed by atoms with E-state index in [0.717, 1.165) is 0 Å². The number of carbonyl (C=O) groups excluding carboxylic acids is 1. The van der Waals surface area contributed by atoms with Crippen LogP contribution in [0.4, 0.5) is 0 Å². The van der Waals surface area contributed by atoms with Gasteiger partial charge in [-0.25, -0.2) is 4.79 Å². The van der Waals surface area contributed by atoms with Gasteiger partial charge in [0.1, 0.15) is 22.9 Å². The highest BCUT2D eigenvalue weighted by Crippen LogP contribution is 2.27. The molecule has 1 aromatic carbocycles. The Hall–Kier alpha value is -2.98. The maximum atomic E-state index is 12.0. The Labute approximate surface area is 139 Å². The number of aromatic nitrogens is 1. The van der Waals surface area contributed by atoms with Crippen molar-refractivity contribution in [1.82, 2.24) is 4.57 Å². The number of hydrogen-bond donors (Lipinski definition) is 0. The lowest BCUT2D eigenvalue weighted by Gasteiger charge is -2.12. The number of carbonyl (C=O) groups is 1. The Morgan fingerprint density at radius 1 is 1.25 bits per heavy atom. The number of nitriles is 1. The number of esters is 1. The molecule has 0 aliphatic heterocycles. The van der Waals surface area contributed by atoms with Crippen molar-refractivity contribution in [3.05, 3.63) is 41.7 Å². The molecule has 0 aliphatic carbocycles. The molecule has 7 heteroatoms. The van der Waals surface area contributed by atoms with Crippen LogP contribution in [-0.2, 0) is 9.47 Å². The molecule has 0 aliphatic rings. The van der Waals surface area contributed by atoms with Crippen LogP contribution in [0.3, 0.4) is 0 Å².